The first-order valence-corrected chi connectivity index (χ1v) is 9.29. The van der Waals surface area contributed by atoms with Gasteiger partial charge in [0.1, 0.15) is 11.9 Å². The van der Waals surface area contributed by atoms with Crippen molar-refractivity contribution in [2.45, 2.75) is 23.8 Å². The Morgan fingerprint density at radius 2 is 1.96 bits per heavy atom. The number of anilines is 1. The van der Waals surface area contributed by atoms with E-state index in [4.69, 9.17) is 11.6 Å². The highest BCUT2D eigenvalue weighted by atomic mass is 35.5. The van der Waals surface area contributed by atoms with Crippen LogP contribution in [0, 0.1) is 0 Å². The second-order valence-corrected chi connectivity index (χ2v) is 7.76. The third-order valence-corrected chi connectivity index (χ3v) is 5.98. The summed E-state index contributed by atoms with van der Waals surface area (Å²) in [6, 6.07) is 10.6. The number of nitrogens with one attached hydrogen (secondary N) is 1. The Bertz CT molecular complexity index is 825. The zero-order valence-electron chi connectivity index (χ0n) is 12.7. The molecule has 1 saturated heterocycles. The van der Waals surface area contributed by atoms with E-state index in [1.54, 1.807) is 30.3 Å². The Morgan fingerprint density at radius 1 is 1.21 bits per heavy atom. The van der Waals surface area contributed by atoms with Crippen LogP contribution in [-0.2, 0) is 14.8 Å². The molecule has 0 aliphatic carbocycles. The zero-order chi connectivity index (χ0) is 17.2. The Balaban J connectivity index is 1.80. The van der Waals surface area contributed by atoms with Gasteiger partial charge in [0.2, 0.25) is 15.9 Å². The molecule has 1 N–H and O–H groups in total. The quantitative estimate of drug-likeness (QED) is 0.902. The predicted octanol–water partition coefficient (Wildman–Crippen LogP) is 2.53. The summed E-state index contributed by atoms with van der Waals surface area (Å²) < 4.78 is 26.8. The molecule has 0 radical (unpaired) electrons. The number of aromatic nitrogens is 1. The van der Waals surface area contributed by atoms with Crippen molar-refractivity contribution in [2.75, 3.05) is 11.9 Å². The first-order chi connectivity index (χ1) is 11.5. The summed E-state index contributed by atoms with van der Waals surface area (Å²) in [5.74, 6) is -0.0461. The standard InChI is InChI=1S/C16H16ClN3O3S/c17-12-8-9-15(18-11-12)19-16(21)14-7-4-10-20(14)24(22,23)13-5-2-1-3-6-13/h1-3,5-6,8-9,11,14H,4,7,10H2,(H,18,19,21). The first kappa shape index (κ1) is 16.9. The van der Waals surface area contributed by atoms with Crippen LogP contribution < -0.4 is 5.32 Å². The zero-order valence-corrected chi connectivity index (χ0v) is 14.3. The van der Waals surface area contributed by atoms with Gasteiger partial charge in [0.15, 0.2) is 0 Å². The van der Waals surface area contributed by atoms with Gasteiger partial charge in [-0.1, -0.05) is 29.8 Å². The smallest absolute Gasteiger partial charge is 0.243 e. The van der Waals surface area contributed by atoms with Crippen molar-refractivity contribution in [1.29, 1.82) is 0 Å². The van der Waals surface area contributed by atoms with Crippen molar-refractivity contribution < 1.29 is 13.2 Å². The molecule has 1 amide bonds. The van der Waals surface area contributed by atoms with Crippen LogP contribution in [0.5, 0.6) is 0 Å². The van der Waals surface area contributed by atoms with Gasteiger partial charge in [0.05, 0.1) is 9.92 Å². The number of benzene rings is 1. The van der Waals surface area contributed by atoms with Crippen LogP contribution in [0.3, 0.4) is 0 Å². The number of halogens is 1. The van der Waals surface area contributed by atoms with Crippen LogP contribution in [-0.4, -0.2) is 36.2 Å². The maximum atomic E-state index is 12.8. The van der Waals surface area contributed by atoms with Gasteiger partial charge in [-0.05, 0) is 37.1 Å². The SMILES string of the molecule is O=C(Nc1ccc(Cl)cn1)C1CCCN1S(=O)(=O)c1ccccc1. The molecule has 1 fully saturated rings. The van der Waals surface area contributed by atoms with Crippen LogP contribution in [0.1, 0.15) is 12.8 Å². The largest absolute Gasteiger partial charge is 0.309 e. The van der Waals surface area contributed by atoms with E-state index in [0.717, 1.165) is 0 Å². The minimum absolute atomic E-state index is 0.189. The number of hydrogen-bond acceptors (Lipinski definition) is 4. The van der Waals surface area contributed by atoms with Crippen molar-refractivity contribution in [3.63, 3.8) is 0 Å². The molecule has 8 heteroatoms. The monoisotopic (exact) mass is 365 g/mol. The molecule has 126 valence electrons. The topological polar surface area (TPSA) is 79.4 Å². The Labute approximate surface area is 145 Å². The lowest BCUT2D eigenvalue weighted by molar-refractivity contribution is -0.119. The third-order valence-electron chi connectivity index (χ3n) is 3.83. The van der Waals surface area contributed by atoms with E-state index in [9.17, 15) is 13.2 Å². The van der Waals surface area contributed by atoms with Crippen molar-refractivity contribution >= 4 is 33.3 Å². The fourth-order valence-electron chi connectivity index (χ4n) is 2.68. The van der Waals surface area contributed by atoms with E-state index >= 15 is 0 Å². The number of hydrogen-bond donors (Lipinski definition) is 1. The van der Waals surface area contributed by atoms with Crippen molar-refractivity contribution in [1.82, 2.24) is 9.29 Å². The molecule has 0 bridgehead atoms. The molecule has 1 aliphatic heterocycles. The fraction of sp³-hybridized carbons (Fsp3) is 0.250. The molecule has 0 spiro atoms. The summed E-state index contributed by atoms with van der Waals surface area (Å²) in [6.07, 6.45) is 2.54. The summed E-state index contributed by atoms with van der Waals surface area (Å²) in [5, 5.41) is 3.11. The number of nitrogens with zero attached hydrogens (tertiary/aromatic N) is 2. The normalized spacial score (nSPS) is 18.5. The molecule has 2 aromatic rings. The average Bonchev–Trinajstić information content (AvgIpc) is 3.08. The fourth-order valence-corrected chi connectivity index (χ4v) is 4.47. The number of carbonyl (C=O) groups excluding carboxylic acids is 1. The lowest BCUT2D eigenvalue weighted by Crippen LogP contribution is -2.43. The maximum Gasteiger partial charge on any atom is 0.243 e. The van der Waals surface area contributed by atoms with Gasteiger partial charge in [0, 0.05) is 12.7 Å². The summed E-state index contributed by atoms with van der Waals surface area (Å²) in [5.41, 5.74) is 0. The molecule has 2 heterocycles. The molecule has 1 aromatic heterocycles. The number of sulfonamides is 1. The summed E-state index contributed by atoms with van der Waals surface area (Å²) in [4.78, 5) is 16.7. The molecule has 1 aromatic carbocycles. The van der Waals surface area contributed by atoms with Crippen molar-refractivity contribution in [3.8, 4) is 0 Å². The highest BCUT2D eigenvalue weighted by Gasteiger charge is 2.39. The lowest BCUT2D eigenvalue weighted by atomic mass is 10.2. The Hall–Kier alpha value is -1.96. The molecule has 1 aliphatic rings. The number of pyridine rings is 1. The van der Waals surface area contributed by atoms with E-state index in [1.807, 2.05) is 0 Å². The van der Waals surface area contributed by atoms with Gasteiger partial charge in [-0.25, -0.2) is 13.4 Å². The second-order valence-electron chi connectivity index (χ2n) is 5.44. The van der Waals surface area contributed by atoms with Gasteiger partial charge in [-0.15, -0.1) is 0 Å². The van der Waals surface area contributed by atoms with E-state index in [2.05, 4.69) is 10.3 Å². The van der Waals surface area contributed by atoms with E-state index in [0.29, 0.717) is 30.2 Å². The van der Waals surface area contributed by atoms with Gasteiger partial charge in [-0.3, -0.25) is 4.79 Å². The molecular formula is C16H16ClN3O3S. The minimum Gasteiger partial charge on any atom is -0.309 e. The minimum atomic E-state index is -3.70. The van der Waals surface area contributed by atoms with Gasteiger partial charge >= 0.3 is 0 Å². The molecule has 24 heavy (non-hydrogen) atoms. The molecule has 3 rings (SSSR count). The lowest BCUT2D eigenvalue weighted by Gasteiger charge is -2.23. The van der Waals surface area contributed by atoms with Crippen LogP contribution in [0.4, 0.5) is 5.82 Å². The number of rotatable bonds is 4. The predicted molar refractivity (Wildman–Crippen MR) is 91.2 cm³/mol. The van der Waals surface area contributed by atoms with E-state index < -0.39 is 16.1 Å². The van der Waals surface area contributed by atoms with Gasteiger partial charge in [0.25, 0.3) is 0 Å². The molecule has 1 atom stereocenters. The highest BCUT2D eigenvalue weighted by Crippen LogP contribution is 2.26. The third kappa shape index (κ3) is 3.43. The highest BCUT2D eigenvalue weighted by molar-refractivity contribution is 7.89. The first-order valence-electron chi connectivity index (χ1n) is 7.48. The summed E-state index contributed by atoms with van der Waals surface area (Å²) >= 11 is 5.76. The Kier molecular flexibility index (Phi) is 4.84. The van der Waals surface area contributed by atoms with Gasteiger partial charge < -0.3 is 5.32 Å². The maximum absolute atomic E-state index is 12.8. The summed E-state index contributed by atoms with van der Waals surface area (Å²) in [6.45, 7) is 0.323. The molecule has 0 saturated carbocycles. The number of amides is 1. The second kappa shape index (κ2) is 6.88. The average molecular weight is 366 g/mol. The van der Waals surface area contributed by atoms with Crippen LogP contribution in [0.15, 0.2) is 53.6 Å². The summed E-state index contributed by atoms with van der Waals surface area (Å²) in [7, 11) is -3.70. The molecule has 1 unspecified atom stereocenters. The van der Waals surface area contributed by atoms with Gasteiger partial charge in [-0.2, -0.15) is 4.31 Å². The van der Waals surface area contributed by atoms with Crippen LogP contribution >= 0.6 is 11.6 Å². The number of carbonyl (C=O) groups is 1. The van der Waals surface area contributed by atoms with E-state index in [-0.39, 0.29) is 10.8 Å². The van der Waals surface area contributed by atoms with Crippen LogP contribution in [0.2, 0.25) is 5.02 Å². The molecular weight excluding hydrogens is 350 g/mol. The van der Waals surface area contributed by atoms with Crippen LogP contribution in [0.25, 0.3) is 0 Å². The Morgan fingerprint density at radius 3 is 2.62 bits per heavy atom. The van der Waals surface area contributed by atoms with Crippen molar-refractivity contribution in [3.05, 3.63) is 53.7 Å². The molecule has 6 nitrogen and oxygen atoms in total. The van der Waals surface area contributed by atoms with Crippen molar-refractivity contribution in [2.24, 2.45) is 0 Å². The van der Waals surface area contributed by atoms with E-state index in [1.165, 1.54) is 22.6 Å².